The predicted octanol–water partition coefficient (Wildman–Crippen LogP) is 2.01. The van der Waals surface area contributed by atoms with E-state index in [-0.39, 0.29) is 5.56 Å². The Labute approximate surface area is 92.6 Å². The lowest BCUT2D eigenvalue weighted by atomic mass is 10.0. The van der Waals surface area contributed by atoms with E-state index in [0.29, 0.717) is 5.56 Å². The van der Waals surface area contributed by atoms with Crippen LogP contribution in [0.5, 0.6) is 0 Å². The first-order valence-corrected chi connectivity index (χ1v) is 4.87. The van der Waals surface area contributed by atoms with Crippen molar-refractivity contribution in [3.63, 3.8) is 0 Å². The summed E-state index contributed by atoms with van der Waals surface area (Å²) in [6, 6.07) is 3.24. The molecule has 0 aromatic carbocycles. The van der Waals surface area contributed by atoms with Gasteiger partial charge in [0.05, 0.1) is 6.20 Å². The van der Waals surface area contributed by atoms with E-state index in [2.05, 4.69) is 9.97 Å². The van der Waals surface area contributed by atoms with E-state index < -0.39 is 11.9 Å². The number of rotatable bonds is 2. The third-order valence-electron chi connectivity index (χ3n) is 2.31. The van der Waals surface area contributed by atoms with Crippen LogP contribution in [-0.4, -0.2) is 15.1 Å². The van der Waals surface area contributed by atoms with Crippen LogP contribution in [0, 0.1) is 12.7 Å². The average molecular weight is 218 g/mol. The van der Waals surface area contributed by atoms with Crippen LogP contribution in [0.15, 0.2) is 36.9 Å². The van der Waals surface area contributed by atoms with Crippen LogP contribution >= 0.6 is 0 Å². The SMILES string of the molecule is Cc1cncc(C(O)c2ccncc2F)c1. The van der Waals surface area contributed by atoms with E-state index in [4.69, 9.17) is 0 Å². The van der Waals surface area contributed by atoms with E-state index in [0.717, 1.165) is 11.8 Å². The predicted molar refractivity (Wildman–Crippen MR) is 57.2 cm³/mol. The summed E-state index contributed by atoms with van der Waals surface area (Å²) in [5, 5.41) is 9.99. The quantitative estimate of drug-likeness (QED) is 0.838. The molecule has 1 N–H and O–H groups in total. The van der Waals surface area contributed by atoms with Crippen molar-refractivity contribution >= 4 is 0 Å². The number of aromatic nitrogens is 2. The molecule has 0 saturated carbocycles. The van der Waals surface area contributed by atoms with Gasteiger partial charge in [-0.2, -0.15) is 0 Å². The summed E-state index contributed by atoms with van der Waals surface area (Å²) in [7, 11) is 0. The number of halogens is 1. The third kappa shape index (κ3) is 2.06. The van der Waals surface area contributed by atoms with Gasteiger partial charge in [0.15, 0.2) is 0 Å². The molecule has 3 nitrogen and oxygen atoms in total. The number of aliphatic hydroxyl groups excluding tert-OH is 1. The molecule has 2 rings (SSSR count). The molecule has 0 bridgehead atoms. The normalized spacial score (nSPS) is 12.4. The highest BCUT2D eigenvalue weighted by Gasteiger charge is 2.14. The van der Waals surface area contributed by atoms with Crippen LogP contribution in [0.4, 0.5) is 4.39 Å². The maximum Gasteiger partial charge on any atom is 0.147 e. The summed E-state index contributed by atoms with van der Waals surface area (Å²) in [5.41, 5.74) is 1.71. The van der Waals surface area contributed by atoms with Crippen molar-refractivity contribution in [3.05, 3.63) is 59.4 Å². The Morgan fingerprint density at radius 2 is 2.06 bits per heavy atom. The Morgan fingerprint density at radius 1 is 1.25 bits per heavy atom. The lowest BCUT2D eigenvalue weighted by molar-refractivity contribution is 0.214. The van der Waals surface area contributed by atoms with Gasteiger partial charge >= 0.3 is 0 Å². The molecule has 0 aliphatic carbocycles. The number of hydrogen-bond donors (Lipinski definition) is 1. The van der Waals surface area contributed by atoms with Crippen molar-refractivity contribution in [1.29, 1.82) is 0 Å². The van der Waals surface area contributed by atoms with Gasteiger partial charge in [0.1, 0.15) is 11.9 Å². The van der Waals surface area contributed by atoms with E-state index in [9.17, 15) is 9.50 Å². The fraction of sp³-hybridized carbons (Fsp3) is 0.167. The van der Waals surface area contributed by atoms with Crippen molar-refractivity contribution in [2.75, 3.05) is 0 Å². The molecule has 0 amide bonds. The molecule has 16 heavy (non-hydrogen) atoms. The van der Waals surface area contributed by atoms with Crippen molar-refractivity contribution < 1.29 is 9.50 Å². The van der Waals surface area contributed by atoms with Crippen molar-refractivity contribution in [1.82, 2.24) is 9.97 Å². The second-order valence-corrected chi connectivity index (χ2v) is 3.60. The molecule has 2 aromatic heterocycles. The Kier molecular flexibility index (Phi) is 2.92. The van der Waals surface area contributed by atoms with Gasteiger partial charge in [-0.15, -0.1) is 0 Å². The van der Waals surface area contributed by atoms with Crippen LogP contribution in [0.2, 0.25) is 0 Å². The molecule has 1 atom stereocenters. The summed E-state index contributed by atoms with van der Waals surface area (Å²) >= 11 is 0. The van der Waals surface area contributed by atoms with E-state index in [1.54, 1.807) is 12.3 Å². The summed E-state index contributed by atoms with van der Waals surface area (Å²) in [5.74, 6) is -0.517. The molecule has 0 radical (unpaired) electrons. The zero-order valence-corrected chi connectivity index (χ0v) is 8.76. The van der Waals surface area contributed by atoms with Gasteiger partial charge in [-0.25, -0.2) is 4.39 Å². The molecular formula is C12H11FN2O. The second-order valence-electron chi connectivity index (χ2n) is 3.60. The Morgan fingerprint density at radius 3 is 2.75 bits per heavy atom. The summed E-state index contributed by atoms with van der Waals surface area (Å²) in [4.78, 5) is 7.60. The highest BCUT2D eigenvalue weighted by atomic mass is 19.1. The molecule has 2 heterocycles. The van der Waals surface area contributed by atoms with Gasteiger partial charge < -0.3 is 5.11 Å². The molecule has 1 unspecified atom stereocenters. The number of hydrogen-bond acceptors (Lipinski definition) is 3. The summed E-state index contributed by atoms with van der Waals surface area (Å²) in [6.45, 7) is 1.87. The van der Waals surface area contributed by atoms with Crippen LogP contribution in [0.1, 0.15) is 22.8 Å². The average Bonchev–Trinajstić information content (AvgIpc) is 2.29. The van der Waals surface area contributed by atoms with Crippen LogP contribution in [0.3, 0.4) is 0 Å². The molecular weight excluding hydrogens is 207 g/mol. The topological polar surface area (TPSA) is 46.0 Å². The minimum atomic E-state index is -1.00. The van der Waals surface area contributed by atoms with Gasteiger partial charge in [0.2, 0.25) is 0 Å². The molecule has 4 heteroatoms. The van der Waals surface area contributed by atoms with Gasteiger partial charge in [-0.3, -0.25) is 9.97 Å². The maximum absolute atomic E-state index is 13.4. The largest absolute Gasteiger partial charge is 0.383 e. The minimum Gasteiger partial charge on any atom is -0.383 e. The monoisotopic (exact) mass is 218 g/mol. The first-order valence-electron chi connectivity index (χ1n) is 4.87. The number of aryl methyl sites for hydroxylation is 1. The van der Waals surface area contributed by atoms with Crippen molar-refractivity contribution in [2.24, 2.45) is 0 Å². The highest BCUT2D eigenvalue weighted by Crippen LogP contribution is 2.23. The zero-order chi connectivity index (χ0) is 11.5. The van der Waals surface area contributed by atoms with Gasteiger partial charge in [-0.1, -0.05) is 6.07 Å². The lowest BCUT2D eigenvalue weighted by Gasteiger charge is -2.11. The smallest absolute Gasteiger partial charge is 0.147 e. The molecule has 0 spiro atoms. The number of aliphatic hydroxyl groups is 1. The molecule has 0 aliphatic rings. The van der Waals surface area contributed by atoms with E-state index >= 15 is 0 Å². The highest BCUT2D eigenvalue weighted by molar-refractivity contribution is 5.29. The standard InChI is InChI=1S/C12H11FN2O/c1-8-4-9(6-15-5-8)12(16)10-2-3-14-7-11(10)13/h2-7,12,16H,1H3. The Bertz CT molecular complexity index is 502. The summed E-state index contributed by atoms with van der Waals surface area (Å²) < 4.78 is 13.4. The number of pyridine rings is 2. The van der Waals surface area contributed by atoms with E-state index in [1.807, 2.05) is 6.92 Å². The van der Waals surface area contributed by atoms with Gasteiger partial charge in [-0.05, 0) is 18.6 Å². The zero-order valence-electron chi connectivity index (χ0n) is 8.76. The van der Waals surface area contributed by atoms with Gasteiger partial charge in [0.25, 0.3) is 0 Å². The van der Waals surface area contributed by atoms with Crippen LogP contribution in [-0.2, 0) is 0 Å². The summed E-state index contributed by atoms with van der Waals surface area (Å²) in [6.07, 6.45) is 4.74. The van der Waals surface area contributed by atoms with Crippen LogP contribution in [0.25, 0.3) is 0 Å². The van der Waals surface area contributed by atoms with E-state index in [1.165, 1.54) is 18.5 Å². The fourth-order valence-corrected chi connectivity index (χ4v) is 1.52. The fourth-order valence-electron chi connectivity index (χ4n) is 1.52. The minimum absolute atomic E-state index is 0.211. The number of nitrogens with zero attached hydrogens (tertiary/aromatic N) is 2. The first kappa shape index (κ1) is 10.7. The van der Waals surface area contributed by atoms with Crippen molar-refractivity contribution in [3.8, 4) is 0 Å². The molecule has 0 aliphatic heterocycles. The van der Waals surface area contributed by atoms with Gasteiger partial charge in [0, 0.05) is 29.7 Å². The first-order chi connectivity index (χ1) is 7.68. The molecule has 2 aromatic rings. The maximum atomic E-state index is 13.4. The molecule has 0 fully saturated rings. The second kappa shape index (κ2) is 4.37. The third-order valence-corrected chi connectivity index (χ3v) is 2.31. The Hall–Kier alpha value is -1.81. The van der Waals surface area contributed by atoms with Crippen LogP contribution < -0.4 is 0 Å². The lowest BCUT2D eigenvalue weighted by Crippen LogP contribution is -2.03. The molecule has 0 saturated heterocycles. The Balaban J connectivity index is 2.39. The van der Waals surface area contributed by atoms with Crippen molar-refractivity contribution in [2.45, 2.75) is 13.0 Å². The molecule has 82 valence electrons.